The van der Waals surface area contributed by atoms with Crippen molar-refractivity contribution in [1.82, 2.24) is 5.32 Å². The fourth-order valence-corrected chi connectivity index (χ4v) is 1.66. The van der Waals surface area contributed by atoms with Crippen molar-refractivity contribution >= 4 is 5.91 Å². The van der Waals surface area contributed by atoms with Crippen LogP contribution in [0.15, 0.2) is 18.2 Å². The summed E-state index contributed by atoms with van der Waals surface area (Å²) in [6.45, 7) is 1.75. The van der Waals surface area contributed by atoms with Gasteiger partial charge in [-0.1, -0.05) is 11.8 Å². The van der Waals surface area contributed by atoms with E-state index in [9.17, 15) is 9.18 Å². The minimum Gasteiger partial charge on any atom is -0.384 e. The molecule has 2 N–H and O–H groups in total. The van der Waals surface area contributed by atoms with Gasteiger partial charge in [-0.05, 0) is 31.5 Å². The topological polar surface area (TPSA) is 58.6 Å². The highest BCUT2D eigenvalue weighted by molar-refractivity contribution is 5.75. The fourth-order valence-electron chi connectivity index (χ4n) is 1.66. The van der Waals surface area contributed by atoms with E-state index in [4.69, 9.17) is 9.84 Å². The number of hydrogen-bond donors (Lipinski definition) is 2. The maximum Gasteiger partial charge on any atom is 0.220 e. The van der Waals surface area contributed by atoms with Crippen molar-refractivity contribution in [2.75, 3.05) is 13.7 Å². The van der Waals surface area contributed by atoms with E-state index in [1.807, 2.05) is 6.92 Å². The number of carbonyl (C=O) groups excluding carboxylic acids is 1. The normalized spacial score (nSPS) is 11.4. The van der Waals surface area contributed by atoms with Crippen LogP contribution in [0.5, 0.6) is 0 Å². The van der Waals surface area contributed by atoms with Crippen LogP contribution in [-0.4, -0.2) is 30.8 Å². The van der Waals surface area contributed by atoms with Crippen LogP contribution in [0, 0.1) is 17.7 Å². The molecule has 0 heterocycles. The zero-order valence-corrected chi connectivity index (χ0v) is 12.3. The third kappa shape index (κ3) is 6.39. The molecule has 0 aliphatic heterocycles. The Hall–Kier alpha value is -1.90. The summed E-state index contributed by atoms with van der Waals surface area (Å²) in [4.78, 5) is 11.7. The van der Waals surface area contributed by atoms with Gasteiger partial charge in [0, 0.05) is 31.2 Å². The van der Waals surface area contributed by atoms with Gasteiger partial charge in [0.1, 0.15) is 12.4 Å². The zero-order chi connectivity index (χ0) is 15.7. The lowest BCUT2D eigenvalue weighted by atomic mass is 10.1. The molecule has 114 valence electrons. The predicted octanol–water partition coefficient (Wildman–Crippen LogP) is 1.60. The second-order valence-electron chi connectivity index (χ2n) is 4.63. The average Bonchev–Trinajstić information content (AvgIpc) is 2.50. The lowest BCUT2D eigenvalue weighted by Gasteiger charge is -2.10. The molecule has 5 heteroatoms. The third-order valence-electron chi connectivity index (χ3n) is 3.01. The van der Waals surface area contributed by atoms with Crippen molar-refractivity contribution in [3.63, 3.8) is 0 Å². The van der Waals surface area contributed by atoms with E-state index in [2.05, 4.69) is 17.2 Å². The van der Waals surface area contributed by atoms with E-state index in [1.165, 1.54) is 12.1 Å². The molecule has 1 unspecified atom stereocenters. The summed E-state index contributed by atoms with van der Waals surface area (Å²) < 4.78 is 18.7. The van der Waals surface area contributed by atoms with Crippen LogP contribution in [-0.2, 0) is 16.1 Å². The Kier molecular flexibility index (Phi) is 7.44. The number of aliphatic hydroxyl groups excluding tert-OH is 1. The SMILES string of the molecule is COC(C)CCC(=O)NCc1cc(C#CCO)ccc1F. The molecule has 4 nitrogen and oxygen atoms in total. The molecule has 0 saturated heterocycles. The second-order valence-corrected chi connectivity index (χ2v) is 4.63. The van der Waals surface area contributed by atoms with Gasteiger partial charge in [-0.15, -0.1) is 0 Å². The number of hydrogen-bond acceptors (Lipinski definition) is 3. The Morgan fingerprint density at radius 1 is 1.52 bits per heavy atom. The number of aliphatic hydroxyl groups is 1. The number of benzene rings is 1. The van der Waals surface area contributed by atoms with Gasteiger partial charge in [-0.3, -0.25) is 4.79 Å². The Balaban J connectivity index is 2.56. The minimum atomic E-state index is -0.393. The Bertz CT molecular complexity index is 534. The first-order valence-electron chi connectivity index (χ1n) is 6.74. The van der Waals surface area contributed by atoms with Crippen LogP contribution in [0.2, 0.25) is 0 Å². The van der Waals surface area contributed by atoms with E-state index in [0.29, 0.717) is 24.0 Å². The molecule has 1 amide bonds. The van der Waals surface area contributed by atoms with Crippen LogP contribution in [0.4, 0.5) is 4.39 Å². The van der Waals surface area contributed by atoms with E-state index >= 15 is 0 Å². The summed E-state index contributed by atoms with van der Waals surface area (Å²) in [5.41, 5.74) is 0.968. The van der Waals surface area contributed by atoms with Crippen LogP contribution < -0.4 is 5.32 Å². The number of rotatable bonds is 6. The Morgan fingerprint density at radius 3 is 2.95 bits per heavy atom. The first-order chi connectivity index (χ1) is 10.1. The molecule has 1 atom stereocenters. The van der Waals surface area contributed by atoms with Gasteiger partial charge < -0.3 is 15.2 Å². The summed E-state index contributed by atoms with van der Waals surface area (Å²) in [7, 11) is 1.59. The number of halogens is 1. The van der Waals surface area contributed by atoms with Crippen LogP contribution in [0.3, 0.4) is 0 Å². The van der Waals surface area contributed by atoms with Crippen molar-refractivity contribution < 1.29 is 19.0 Å². The first kappa shape index (κ1) is 17.2. The summed E-state index contributed by atoms with van der Waals surface area (Å²) in [6.07, 6.45) is 0.970. The van der Waals surface area contributed by atoms with Gasteiger partial charge in [0.05, 0.1) is 6.10 Å². The molecule has 0 aromatic heterocycles. The van der Waals surface area contributed by atoms with E-state index in [-0.39, 0.29) is 25.2 Å². The highest BCUT2D eigenvalue weighted by Gasteiger charge is 2.08. The van der Waals surface area contributed by atoms with Crippen molar-refractivity contribution in [1.29, 1.82) is 0 Å². The quantitative estimate of drug-likeness (QED) is 0.783. The molecule has 1 aromatic carbocycles. The molecule has 1 rings (SSSR count). The molecule has 0 aliphatic rings. The average molecular weight is 293 g/mol. The fraction of sp³-hybridized carbons (Fsp3) is 0.438. The molecule has 21 heavy (non-hydrogen) atoms. The minimum absolute atomic E-state index is 0.0181. The smallest absolute Gasteiger partial charge is 0.220 e. The lowest BCUT2D eigenvalue weighted by molar-refractivity contribution is -0.121. The summed E-state index contributed by atoms with van der Waals surface area (Å²) in [5, 5.41) is 11.3. The van der Waals surface area contributed by atoms with Crippen LogP contribution in [0.1, 0.15) is 30.9 Å². The monoisotopic (exact) mass is 293 g/mol. The Labute approximate surface area is 124 Å². The standard InChI is InChI=1S/C16H20FNO3/c1-12(21-2)5-8-16(20)18-11-14-10-13(4-3-9-19)6-7-15(14)17/h6-7,10,12,19H,5,8-9,11H2,1-2H3,(H,18,20). The Morgan fingerprint density at radius 2 is 2.29 bits per heavy atom. The number of amides is 1. The van der Waals surface area contributed by atoms with Gasteiger partial charge in [-0.2, -0.15) is 0 Å². The molecule has 0 spiro atoms. The molecule has 0 bridgehead atoms. The van der Waals surface area contributed by atoms with Gasteiger partial charge in [0.15, 0.2) is 0 Å². The zero-order valence-electron chi connectivity index (χ0n) is 12.3. The van der Waals surface area contributed by atoms with E-state index < -0.39 is 5.82 Å². The number of methoxy groups -OCH3 is 1. The maximum atomic E-state index is 13.6. The van der Waals surface area contributed by atoms with Crippen molar-refractivity contribution in [2.45, 2.75) is 32.4 Å². The third-order valence-corrected chi connectivity index (χ3v) is 3.01. The largest absolute Gasteiger partial charge is 0.384 e. The number of nitrogens with one attached hydrogen (secondary N) is 1. The highest BCUT2D eigenvalue weighted by atomic mass is 19.1. The highest BCUT2D eigenvalue weighted by Crippen LogP contribution is 2.10. The molecule has 1 aromatic rings. The predicted molar refractivity (Wildman–Crippen MR) is 77.9 cm³/mol. The van der Waals surface area contributed by atoms with Crippen LogP contribution in [0.25, 0.3) is 0 Å². The van der Waals surface area contributed by atoms with E-state index in [1.54, 1.807) is 13.2 Å². The molecule has 0 fully saturated rings. The van der Waals surface area contributed by atoms with Crippen molar-refractivity contribution in [3.05, 3.63) is 35.1 Å². The van der Waals surface area contributed by atoms with Crippen molar-refractivity contribution in [3.8, 4) is 11.8 Å². The first-order valence-corrected chi connectivity index (χ1v) is 6.74. The van der Waals surface area contributed by atoms with Gasteiger partial charge in [-0.25, -0.2) is 4.39 Å². The van der Waals surface area contributed by atoms with Crippen molar-refractivity contribution in [2.24, 2.45) is 0 Å². The van der Waals surface area contributed by atoms with Gasteiger partial charge >= 0.3 is 0 Å². The maximum absolute atomic E-state index is 13.6. The molecule has 0 aliphatic carbocycles. The molecule has 0 radical (unpaired) electrons. The summed E-state index contributed by atoms with van der Waals surface area (Å²) >= 11 is 0. The van der Waals surface area contributed by atoms with Gasteiger partial charge in [0.25, 0.3) is 0 Å². The van der Waals surface area contributed by atoms with E-state index in [0.717, 1.165) is 0 Å². The summed E-state index contributed by atoms with van der Waals surface area (Å²) in [6, 6.07) is 4.40. The number of ether oxygens (including phenoxy) is 1. The molecular weight excluding hydrogens is 273 g/mol. The molecular formula is C16H20FNO3. The number of carbonyl (C=O) groups is 1. The summed E-state index contributed by atoms with van der Waals surface area (Å²) in [5.74, 6) is 4.66. The van der Waals surface area contributed by atoms with Gasteiger partial charge in [0.2, 0.25) is 5.91 Å². The second kappa shape index (κ2) is 9.11. The lowest BCUT2D eigenvalue weighted by Crippen LogP contribution is -2.24. The molecule has 0 saturated carbocycles. The van der Waals surface area contributed by atoms with Crippen LogP contribution >= 0.6 is 0 Å².